The normalized spacial score (nSPS) is 14.7. The number of urea groups is 1. The van der Waals surface area contributed by atoms with Crippen molar-refractivity contribution in [1.29, 1.82) is 0 Å². The lowest BCUT2D eigenvalue weighted by Gasteiger charge is -2.26. The maximum Gasteiger partial charge on any atom is 0.335 e. The summed E-state index contributed by atoms with van der Waals surface area (Å²) in [5, 5.41) is 13.6. The van der Waals surface area contributed by atoms with E-state index in [2.05, 4.69) is 5.32 Å². The summed E-state index contributed by atoms with van der Waals surface area (Å²) in [6, 6.07) is 15.6. The Bertz CT molecular complexity index is 1390. The van der Waals surface area contributed by atoms with Crippen molar-refractivity contribution in [3.05, 3.63) is 104 Å². The number of nitro benzene ring substituents is 1. The van der Waals surface area contributed by atoms with Crippen LogP contribution in [0, 0.1) is 10.1 Å². The number of non-ortho nitro benzene ring substituents is 1. The number of carbonyl (C=O) groups excluding carboxylic acids is 3. The summed E-state index contributed by atoms with van der Waals surface area (Å²) in [5.74, 6) is -1.42. The largest absolute Gasteiger partial charge is 0.488 e. The molecule has 0 spiro atoms. The summed E-state index contributed by atoms with van der Waals surface area (Å²) < 4.78 is 5.82. The van der Waals surface area contributed by atoms with Crippen molar-refractivity contribution in [3.8, 4) is 5.75 Å². The van der Waals surface area contributed by atoms with Crippen LogP contribution in [0.4, 0.5) is 16.2 Å². The lowest BCUT2D eigenvalue weighted by Crippen LogP contribution is -2.54. The van der Waals surface area contributed by atoms with Crippen LogP contribution in [0.5, 0.6) is 5.75 Å². The van der Waals surface area contributed by atoms with E-state index in [-0.39, 0.29) is 23.6 Å². The minimum Gasteiger partial charge on any atom is -0.488 e. The van der Waals surface area contributed by atoms with Gasteiger partial charge >= 0.3 is 6.03 Å². The Morgan fingerprint density at radius 3 is 2.37 bits per heavy atom. The van der Waals surface area contributed by atoms with Gasteiger partial charge in [-0.15, -0.1) is 0 Å². The molecule has 11 heteroatoms. The molecular formula is C24H15Cl2N3O6. The van der Waals surface area contributed by atoms with E-state index < -0.39 is 22.8 Å². The lowest BCUT2D eigenvalue weighted by molar-refractivity contribution is -0.384. The van der Waals surface area contributed by atoms with Gasteiger partial charge in [-0.1, -0.05) is 29.3 Å². The maximum atomic E-state index is 13.1. The molecule has 3 aromatic carbocycles. The van der Waals surface area contributed by atoms with Crippen molar-refractivity contribution < 1.29 is 24.0 Å². The molecule has 9 nitrogen and oxygen atoms in total. The molecule has 0 aromatic heterocycles. The summed E-state index contributed by atoms with van der Waals surface area (Å²) in [7, 11) is 0. The second-order valence-corrected chi connectivity index (χ2v) is 8.20. The van der Waals surface area contributed by atoms with Gasteiger partial charge < -0.3 is 4.74 Å². The van der Waals surface area contributed by atoms with E-state index in [9.17, 15) is 24.5 Å². The summed E-state index contributed by atoms with van der Waals surface area (Å²) in [6.07, 6.45) is 1.28. The van der Waals surface area contributed by atoms with Crippen LogP contribution in [0.25, 0.3) is 6.08 Å². The van der Waals surface area contributed by atoms with E-state index in [0.717, 1.165) is 4.90 Å². The van der Waals surface area contributed by atoms with Gasteiger partial charge in [-0.25, -0.2) is 9.69 Å². The molecule has 0 atom stereocenters. The number of nitrogens with one attached hydrogen (secondary N) is 1. The van der Waals surface area contributed by atoms with E-state index in [4.69, 9.17) is 27.9 Å². The Labute approximate surface area is 208 Å². The average Bonchev–Trinajstić information content (AvgIpc) is 2.81. The fraction of sp³-hybridized carbons (Fsp3) is 0.0417. The number of barbiturate groups is 1. The molecule has 0 aliphatic carbocycles. The molecule has 176 valence electrons. The summed E-state index contributed by atoms with van der Waals surface area (Å²) in [4.78, 5) is 49.2. The highest BCUT2D eigenvalue weighted by Gasteiger charge is 2.37. The molecule has 1 fully saturated rings. The van der Waals surface area contributed by atoms with Crippen molar-refractivity contribution in [2.24, 2.45) is 0 Å². The highest BCUT2D eigenvalue weighted by molar-refractivity contribution is 6.39. The van der Waals surface area contributed by atoms with Gasteiger partial charge in [-0.2, -0.15) is 0 Å². The number of nitro groups is 1. The Morgan fingerprint density at radius 2 is 1.69 bits per heavy atom. The third-order valence-corrected chi connectivity index (χ3v) is 5.45. The smallest absolute Gasteiger partial charge is 0.335 e. The molecule has 0 unspecified atom stereocenters. The van der Waals surface area contributed by atoms with Crippen molar-refractivity contribution in [2.45, 2.75) is 6.61 Å². The number of hydrogen-bond donors (Lipinski definition) is 1. The van der Waals surface area contributed by atoms with Crippen LogP contribution in [-0.2, 0) is 16.2 Å². The molecule has 1 saturated heterocycles. The molecule has 1 aliphatic heterocycles. The molecule has 0 saturated carbocycles. The van der Waals surface area contributed by atoms with Crippen molar-refractivity contribution in [2.75, 3.05) is 4.90 Å². The third-order valence-electron chi connectivity index (χ3n) is 4.98. The van der Waals surface area contributed by atoms with E-state index in [1.807, 2.05) is 0 Å². The fourth-order valence-electron chi connectivity index (χ4n) is 3.30. The van der Waals surface area contributed by atoms with E-state index in [1.165, 1.54) is 36.4 Å². The van der Waals surface area contributed by atoms with Crippen LogP contribution in [0.3, 0.4) is 0 Å². The van der Waals surface area contributed by atoms with Crippen LogP contribution >= 0.6 is 23.2 Å². The second kappa shape index (κ2) is 9.96. The minimum atomic E-state index is -0.903. The molecule has 0 bridgehead atoms. The monoisotopic (exact) mass is 511 g/mol. The van der Waals surface area contributed by atoms with Crippen LogP contribution < -0.4 is 15.0 Å². The molecular weight excluding hydrogens is 497 g/mol. The van der Waals surface area contributed by atoms with Gasteiger partial charge in [0.2, 0.25) is 0 Å². The second-order valence-electron chi connectivity index (χ2n) is 7.33. The van der Waals surface area contributed by atoms with Crippen LogP contribution in [-0.4, -0.2) is 22.8 Å². The number of anilines is 1. The zero-order chi connectivity index (χ0) is 25.1. The predicted molar refractivity (Wildman–Crippen MR) is 129 cm³/mol. The van der Waals surface area contributed by atoms with Gasteiger partial charge in [-0.05, 0) is 60.2 Å². The molecule has 4 rings (SSSR count). The number of ether oxygens (including phenoxy) is 1. The first kappa shape index (κ1) is 23.9. The predicted octanol–water partition coefficient (Wildman–Crippen LogP) is 5.15. The Hall–Kier alpha value is -4.21. The highest BCUT2D eigenvalue weighted by Crippen LogP contribution is 2.29. The topological polar surface area (TPSA) is 119 Å². The number of nitrogens with zero attached hydrogens (tertiary/aromatic N) is 2. The number of rotatable bonds is 6. The van der Waals surface area contributed by atoms with Gasteiger partial charge in [0.05, 0.1) is 10.6 Å². The van der Waals surface area contributed by atoms with Crippen LogP contribution in [0.1, 0.15) is 11.1 Å². The van der Waals surface area contributed by atoms with Crippen molar-refractivity contribution >= 4 is 58.5 Å². The zero-order valence-electron chi connectivity index (χ0n) is 17.7. The maximum absolute atomic E-state index is 13.1. The number of halogens is 2. The first-order valence-electron chi connectivity index (χ1n) is 10.1. The molecule has 3 aromatic rings. The minimum absolute atomic E-state index is 0.0497. The van der Waals surface area contributed by atoms with Gasteiger partial charge in [0, 0.05) is 27.7 Å². The zero-order valence-corrected chi connectivity index (χ0v) is 19.2. The van der Waals surface area contributed by atoms with Gasteiger partial charge in [0.15, 0.2) is 0 Å². The number of amides is 4. The quantitative estimate of drug-likeness (QED) is 0.211. The fourth-order valence-corrected chi connectivity index (χ4v) is 3.67. The highest BCUT2D eigenvalue weighted by atomic mass is 35.5. The summed E-state index contributed by atoms with van der Waals surface area (Å²) in [5.41, 5.74) is 0.809. The molecule has 1 N–H and O–H groups in total. The van der Waals surface area contributed by atoms with Crippen LogP contribution in [0.15, 0.2) is 72.3 Å². The third kappa shape index (κ3) is 5.32. The summed E-state index contributed by atoms with van der Waals surface area (Å²) >= 11 is 12.1. The first-order valence-corrected chi connectivity index (χ1v) is 10.8. The standard InChI is InChI=1S/C24H15Cl2N3O6/c25-16-2-1-3-19(12-16)28-23(31)20(22(30)27-24(28)32)11-15-10-17(26)6-9-21(15)35-13-14-4-7-18(8-5-14)29(33)34/h1-12H,13H2,(H,27,30,32)/b20-11+. The Balaban J connectivity index is 1.64. The Kier molecular flexibility index (Phi) is 6.81. The van der Waals surface area contributed by atoms with E-state index in [1.54, 1.807) is 36.4 Å². The van der Waals surface area contributed by atoms with Crippen molar-refractivity contribution in [1.82, 2.24) is 5.32 Å². The number of hydrogen-bond acceptors (Lipinski definition) is 6. The molecule has 1 aliphatic rings. The van der Waals surface area contributed by atoms with Gasteiger partial charge in [0.25, 0.3) is 17.5 Å². The lowest BCUT2D eigenvalue weighted by atomic mass is 10.1. The summed E-state index contributed by atoms with van der Waals surface area (Å²) in [6.45, 7) is 0.0586. The number of carbonyl (C=O) groups is 3. The van der Waals surface area contributed by atoms with E-state index >= 15 is 0 Å². The number of imide groups is 2. The Morgan fingerprint density at radius 1 is 0.971 bits per heavy atom. The van der Waals surface area contributed by atoms with E-state index in [0.29, 0.717) is 26.9 Å². The van der Waals surface area contributed by atoms with Gasteiger partial charge in [0.1, 0.15) is 17.9 Å². The molecule has 35 heavy (non-hydrogen) atoms. The molecule has 1 heterocycles. The van der Waals surface area contributed by atoms with Gasteiger partial charge in [-0.3, -0.25) is 25.0 Å². The number of benzene rings is 3. The molecule has 0 radical (unpaired) electrons. The first-order chi connectivity index (χ1) is 16.7. The van der Waals surface area contributed by atoms with Crippen LogP contribution in [0.2, 0.25) is 10.0 Å². The molecule has 4 amide bonds. The average molecular weight is 512 g/mol. The SMILES string of the molecule is O=C1NC(=O)N(c2cccc(Cl)c2)C(=O)/C1=C/c1cc(Cl)ccc1OCc1ccc([N+](=O)[O-])cc1. The van der Waals surface area contributed by atoms with Crippen molar-refractivity contribution in [3.63, 3.8) is 0 Å².